The van der Waals surface area contributed by atoms with E-state index in [1.165, 1.54) is 50.4 Å². The number of benzene rings is 3. The van der Waals surface area contributed by atoms with Crippen LogP contribution < -0.4 is 10.0 Å². The number of ether oxygens (including phenoxy) is 1. The van der Waals surface area contributed by atoms with Gasteiger partial charge in [-0.3, -0.25) is 14.4 Å². The van der Waals surface area contributed by atoms with Crippen molar-refractivity contribution in [2.24, 2.45) is 0 Å². The molecule has 178 valence electrons. The summed E-state index contributed by atoms with van der Waals surface area (Å²) in [6.07, 6.45) is -1.24. The molecule has 2 N–H and O–H groups in total. The van der Waals surface area contributed by atoms with E-state index in [-0.39, 0.29) is 38.8 Å². The first kappa shape index (κ1) is 24.0. The molecule has 0 heterocycles. The van der Waals surface area contributed by atoms with Crippen molar-refractivity contribution in [1.82, 2.24) is 4.72 Å². The quantitative estimate of drug-likeness (QED) is 0.395. The maximum Gasteiger partial charge on any atom is 0.338 e. The zero-order valence-corrected chi connectivity index (χ0v) is 19.5. The number of carbonyl (C=O) groups is 4. The SMILES string of the molecule is CNS(=O)(=O)c1cccc(C(=O)O[C@H](C)C(=O)Nc2ccc3c(c2)C(=O)c2ccccc2C3=O)c1. The lowest BCUT2D eigenvalue weighted by atomic mass is 9.84. The van der Waals surface area contributed by atoms with Gasteiger partial charge in [0.2, 0.25) is 10.0 Å². The monoisotopic (exact) mass is 492 g/mol. The van der Waals surface area contributed by atoms with E-state index in [1.807, 2.05) is 0 Å². The lowest BCUT2D eigenvalue weighted by molar-refractivity contribution is -0.123. The lowest BCUT2D eigenvalue weighted by Gasteiger charge is -2.19. The lowest BCUT2D eigenvalue weighted by Crippen LogP contribution is -2.30. The number of nitrogens with one attached hydrogen (secondary N) is 2. The zero-order valence-electron chi connectivity index (χ0n) is 18.7. The summed E-state index contributed by atoms with van der Waals surface area (Å²) < 4.78 is 31.2. The van der Waals surface area contributed by atoms with Crippen LogP contribution in [0.3, 0.4) is 0 Å². The minimum absolute atomic E-state index is 0.0440. The van der Waals surface area contributed by atoms with Crippen molar-refractivity contribution < 1.29 is 32.3 Å². The number of anilines is 1. The molecule has 0 bridgehead atoms. The van der Waals surface area contributed by atoms with E-state index in [4.69, 9.17) is 4.74 Å². The fourth-order valence-corrected chi connectivity index (χ4v) is 4.39. The van der Waals surface area contributed by atoms with Gasteiger partial charge < -0.3 is 10.1 Å². The van der Waals surface area contributed by atoms with Crippen LogP contribution in [0, 0.1) is 0 Å². The summed E-state index contributed by atoms with van der Waals surface area (Å²) >= 11 is 0. The molecule has 10 heteroatoms. The molecule has 4 rings (SSSR count). The summed E-state index contributed by atoms with van der Waals surface area (Å²) in [6.45, 7) is 1.35. The molecule has 3 aromatic rings. The molecule has 1 aliphatic rings. The first-order chi connectivity index (χ1) is 16.6. The van der Waals surface area contributed by atoms with Crippen molar-refractivity contribution in [3.8, 4) is 0 Å². The molecule has 0 unspecified atom stereocenters. The average Bonchev–Trinajstić information content (AvgIpc) is 2.87. The second kappa shape index (κ2) is 9.24. The van der Waals surface area contributed by atoms with Gasteiger partial charge in [-0.2, -0.15) is 0 Å². The molecule has 0 aliphatic heterocycles. The fourth-order valence-electron chi connectivity index (χ4n) is 3.61. The van der Waals surface area contributed by atoms with Crippen LogP contribution in [0.5, 0.6) is 0 Å². The number of hydrogen-bond acceptors (Lipinski definition) is 7. The first-order valence-corrected chi connectivity index (χ1v) is 12.0. The standard InChI is InChI=1S/C25H20N2O7S/c1-14(34-25(31)15-6-5-7-17(12-15)35(32,33)26-2)24(30)27-16-10-11-20-21(13-16)23(29)19-9-4-3-8-18(19)22(20)28/h3-14,26H,1-2H3,(H,27,30)/t14-/m1/s1. The minimum atomic E-state index is -3.76. The third kappa shape index (κ3) is 4.61. The molecule has 1 atom stereocenters. The van der Waals surface area contributed by atoms with Crippen LogP contribution >= 0.6 is 0 Å². The Hall–Kier alpha value is -4.15. The molecule has 0 saturated heterocycles. The predicted octanol–water partition coefficient (Wildman–Crippen LogP) is 2.55. The summed E-state index contributed by atoms with van der Waals surface area (Å²) in [5, 5.41) is 2.57. The molecule has 0 aromatic heterocycles. The smallest absolute Gasteiger partial charge is 0.338 e. The summed E-state index contributed by atoms with van der Waals surface area (Å²) in [7, 11) is -2.52. The topological polar surface area (TPSA) is 136 Å². The third-order valence-electron chi connectivity index (χ3n) is 5.49. The predicted molar refractivity (Wildman–Crippen MR) is 126 cm³/mol. The Morgan fingerprint density at radius 2 is 1.46 bits per heavy atom. The summed E-state index contributed by atoms with van der Waals surface area (Å²) in [6, 6.07) is 16.1. The van der Waals surface area contributed by atoms with Crippen LogP contribution in [0.2, 0.25) is 0 Å². The van der Waals surface area contributed by atoms with Crippen molar-refractivity contribution in [1.29, 1.82) is 0 Å². The van der Waals surface area contributed by atoms with Crippen molar-refractivity contribution in [3.63, 3.8) is 0 Å². The Morgan fingerprint density at radius 3 is 2.11 bits per heavy atom. The highest BCUT2D eigenvalue weighted by Crippen LogP contribution is 2.29. The maximum absolute atomic E-state index is 12.9. The highest BCUT2D eigenvalue weighted by molar-refractivity contribution is 7.89. The van der Waals surface area contributed by atoms with E-state index in [2.05, 4.69) is 10.0 Å². The van der Waals surface area contributed by atoms with Crippen LogP contribution in [-0.2, 0) is 19.6 Å². The number of ketones is 2. The van der Waals surface area contributed by atoms with Crippen molar-refractivity contribution in [2.75, 3.05) is 12.4 Å². The number of sulfonamides is 1. The van der Waals surface area contributed by atoms with Crippen LogP contribution in [-0.4, -0.2) is 45.0 Å². The number of esters is 1. The maximum atomic E-state index is 12.9. The number of hydrogen-bond donors (Lipinski definition) is 2. The fraction of sp³-hybridized carbons (Fsp3) is 0.120. The van der Waals surface area contributed by atoms with Gasteiger partial charge in [0.1, 0.15) is 0 Å². The van der Waals surface area contributed by atoms with E-state index in [9.17, 15) is 27.6 Å². The summed E-state index contributed by atoms with van der Waals surface area (Å²) in [5.41, 5.74) is 1.23. The molecule has 1 amide bonds. The molecule has 3 aromatic carbocycles. The number of rotatable bonds is 6. The Bertz CT molecular complexity index is 1500. The zero-order chi connectivity index (χ0) is 25.3. The minimum Gasteiger partial charge on any atom is -0.449 e. The van der Waals surface area contributed by atoms with Gasteiger partial charge in [-0.1, -0.05) is 30.3 Å². The van der Waals surface area contributed by atoms with E-state index >= 15 is 0 Å². The first-order valence-electron chi connectivity index (χ1n) is 10.5. The highest BCUT2D eigenvalue weighted by Gasteiger charge is 2.30. The Morgan fingerprint density at radius 1 is 0.829 bits per heavy atom. The van der Waals surface area contributed by atoms with Crippen LogP contribution in [0.15, 0.2) is 71.6 Å². The van der Waals surface area contributed by atoms with Gasteiger partial charge in [-0.15, -0.1) is 0 Å². The van der Waals surface area contributed by atoms with Gasteiger partial charge in [0.05, 0.1) is 10.5 Å². The van der Waals surface area contributed by atoms with E-state index < -0.39 is 28.0 Å². The van der Waals surface area contributed by atoms with Gasteiger partial charge in [0.15, 0.2) is 17.7 Å². The normalized spacial score (nSPS) is 13.4. The van der Waals surface area contributed by atoms with Gasteiger partial charge >= 0.3 is 5.97 Å². The molecule has 0 fully saturated rings. The number of fused-ring (bicyclic) bond motifs is 2. The molecule has 9 nitrogen and oxygen atoms in total. The molecule has 0 saturated carbocycles. The van der Waals surface area contributed by atoms with Gasteiger partial charge in [-0.25, -0.2) is 17.9 Å². The van der Waals surface area contributed by atoms with Crippen LogP contribution in [0.25, 0.3) is 0 Å². The van der Waals surface area contributed by atoms with Crippen LogP contribution in [0.1, 0.15) is 49.1 Å². The largest absolute Gasteiger partial charge is 0.449 e. The second-order valence-electron chi connectivity index (χ2n) is 7.74. The Balaban J connectivity index is 1.48. The average molecular weight is 493 g/mol. The molecular weight excluding hydrogens is 472 g/mol. The van der Waals surface area contributed by atoms with Crippen molar-refractivity contribution in [3.05, 3.63) is 94.5 Å². The van der Waals surface area contributed by atoms with Crippen LogP contribution in [0.4, 0.5) is 5.69 Å². The van der Waals surface area contributed by atoms with Gasteiger partial charge in [0.25, 0.3) is 5.91 Å². The highest BCUT2D eigenvalue weighted by atomic mass is 32.2. The van der Waals surface area contributed by atoms with Gasteiger partial charge in [-0.05, 0) is 50.4 Å². The van der Waals surface area contributed by atoms with Gasteiger partial charge in [0, 0.05) is 27.9 Å². The molecule has 0 radical (unpaired) electrons. The van der Waals surface area contributed by atoms with E-state index in [0.29, 0.717) is 11.1 Å². The number of amides is 1. The van der Waals surface area contributed by atoms with Crippen molar-refractivity contribution >= 4 is 39.2 Å². The Kier molecular flexibility index (Phi) is 6.33. The molecule has 35 heavy (non-hydrogen) atoms. The second-order valence-corrected chi connectivity index (χ2v) is 9.62. The molecule has 1 aliphatic carbocycles. The molecular formula is C25H20N2O7S. The Labute approximate surface area is 201 Å². The summed E-state index contributed by atoms with van der Waals surface area (Å²) in [4.78, 5) is 50.5. The van der Waals surface area contributed by atoms with E-state index in [1.54, 1.807) is 24.3 Å². The molecule has 0 spiro atoms. The van der Waals surface area contributed by atoms with Crippen molar-refractivity contribution in [2.45, 2.75) is 17.9 Å². The summed E-state index contributed by atoms with van der Waals surface area (Å²) in [5.74, 6) is -2.17. The number of carbonyl (C=O) groups excluding carboxylic acids is 4. The third-order valence-corrected chi connectivity index (χ3v) is 6.91. The van der Waals surface area contributed by atoms with E-state index in [0.717, 1.165) is 6.07 Å².